The first-order valence-electron chi connectivity index (χ1n) is 6.16. The van der Waals surface area contributed by atoms with Crippen molar-refractivity contribution in [1.29, 1.82) is 0 Å². The zero-order valence-corrected chi connectivity index (χ0v) is 10.7. The Kier molecular flexibility index (Phi) is 2.90. The van der Waals surface area contributed by atoms with Gasteiger partial charge in [0.05, 0.1) is 0 Å². The monoisotopic (exact) mass is 230 g/mol. The fourth-order valence-electron chi connectivity index (χ4n) is 2.42. The predicted octanol–water partition coefficient (Wildman–Crippen LogP) is 3.53. The minimum absolute atomic E-state index is 0.00667. The molecule has 0 saturated heterocycles. The second-order valence-electron chi connectivity index (χ2n) is 5.34. The molecule has 1 aromatic rings. The van der Waals surface area contributed by atoms with E-state index in [0.717, 1.165) is 23.1 Å². The second-order valence-corrected chi connectivity index (χ2v) is 5.34. The third-order valence-electron chi connectivity index (χ3n) is 3.67. The van der Waals surface area contributed by atoms with Crippen LogP contribution in [0.3, 0.4) is 0 Å². The van der Waals surface area contributed by atoms with Crippen LogP contribution in [-0.4, -0.2) is 11.6 Å². The Morgan fingerprint density at radius 3 is 2.71 bits per heavy atom. The van der Waals surface area contributed by atoms with Crippen LogP contribution in [0.5, 0.6) is 0 Å². The summed E-state index contributed by atoms with van der Waals surface area (Å²) >= 11 is 0. The third kappa shape index (κ3) is 2.04. The summed E-state index contributed by atoms with van der Waals surface area (Å²) in [7, 11) is 0. The lowest BCUT2D eigenvalue weighted by Gasteiger charge is -2.32. The Hall–Kier alpha value is -1.44. The molecule has 0 heterocycles. The van der Waals surface area contributed by atoms with Crippen molar-refractivity contribution in [1.82, 2.24) is 0 Å². The Labute approximate surface area is 102 Å². The van der Waals surface area contributed by atoms with Crippen LogP contribution >= 0.6 is 0 Å². The van der Waals surface area contributed by atoms with Crippen LogP contribution in [0.15, 0.2) is 18.2 Å². The van der Waals surface area contributed by atoms with E-state index >= 15 is 0 Å². The van der Waals surface area contributed by atoms with E-state index in [0.29, 0.717) is 12.8 Å². The highest BCUT2D eigenvalue weighted by molar-refractivity contribution is 6.02. The van der Waals surface area contributed by atoms with Gasteiger partial charge in [0.1, 0.15) is 0 Å². The number of fused-ring (bicyclic) bond motifs is 1. The topological polar surface area (TPSA) is 34.1 Å². The average Bonchev–Trinajstić information content (AvgIpc) is 2.33. The lowest BCUT2D eigenvalue weighted by Crippen LogP contribution is -2.27. The summed E-state index contributed by atoms with van der Waals surface area (Å²) in [6.45, 7) is 6.13. The van der Waals surface area contributed by atoms with Crippen molar-refractivity contribution in [3.8, 4) is 0 Å². The van der Waals surface area contributed by atoms with Crippen LogP contribution < -0.4 is 0 Å². The Morgan fingerprint density at radius 1 is 1.35 bits per heavy atom. The molecule has 1 aliphatic carbocycles. The molecule has 0 aliphatic heterocycles. The molecule has 1 aliphatic rings. The first-order valence-corrected chi connectivity index (χ1v) is 6.16. The van der Waals surface area contributed by atoms with Crippen molar-refractivity contribution in [2.75, 3.05) is 0 Å². The van der Waals surface area contributed by atoms with Gasteiger partial charge in [-0.1, -0.05) is 32.9 Å². The number of hydrogen-bond donors (Lipinski definition) is 0. The van der Waals surface area contributed by atoms with E-state index in [9.17, 15) is 9.59 Å². The van der Waals surface area contributed by atoms with Gasteiger partial charge in [-0.05, 0) is 23.5 Å². The number of carbonyl (C=O) groups is 2. The van der Waals surface area contributed by atoms with E-state index < -0.39 is 0 Å². The normalized spacial score (nSPS) is 17.7. The highest BCUT2D eigenvalue weighted by atomic mass is 16.1. The minimum atomic E-state index is -0.00667. The molecule has 0 unspecified atom stereocenters. The van der Waals surface area contributed by atoms with Gasteiger partial charge in [-0.15, -0.1) is 0 Å². The van der Waals surface area contributed by atoms with E-state index in [1.54, 1.807) is 6.07 Å². The third-order valence-corrected chi connectivity index (χ3v) is 3.67. The number of hydrogen-bond acceptors (Lipinski definition) is 2. The zero-order chi connectivity index (χ0) is 12.6. The molecule has 2 nitrogen and oxygen atoms in total. The Balaban J connectivity index is 2.56. The van der Waals surface area contributed by atoms with Gasteiger partial charge in [0.2, 0.25) is 0 Å². The maximum absolute atomic E-state index is 11.8. The van der Waals surface area contributed by atoms with Crippen molar-refractivity contribution in [3.63, 3.8) is 0 Å². The summed E-state index contributed by atoms with van der Waals surface area (Å²) in [5.74, 6) is 0.344. The number of carbonyl (C=O) groups excluding carboxylic acids is 2. The summed E-state index contributed by atoms with van der Waals surface area (Å²) in [4.78, 5) is 23.5. The Bertz CT molecular complexity index is 484. The highest BCUT2D eigenvalue weighted by Crippen LogP contribution is 2.37. The zero-order valence-electron chi connectivity index (χ0n) is 10.7. The van der Waals surface area contributed by atoms with E-state index in [4.69, 9.17) is 0 Å². The molecule has 17 heavy (non-hydrogen) atoms. The van der Waals surface area contributed by atoms with Crippen LogP contribution in [0, 0.1) is 0 Å². The molecule has 0 aromatic heterocycles. The highest BCUT2D eigenvalue weighted by Gasteiger charge is 2.31. The fourth-order valence-corrected chi connectivity index (χ4v) is 2.42. The van der Waals surface area contributed by atoms with Gasteiger partial charge in [-0.3, -0.25) is 9.59 Å². The standard InChI is InChI=1S/C15H18O2/c1-4-13(16)10-5-6-11-12(9-10)15(2,3)8-7-14(11)17/h5-6,9H,4,7-8H2,1-3H3. The van der Waals surface area contributed by atoms with E-state index in [2.05, 4.69) is 13.8 Å². The molecule has 0 atom stereocenters. The Morgan fingerprint density at radius 2 is 2.06 bits per heavy atom. The van der Waals surface area contributed by atoms with Gasteiger partial charge < -0.3 is 0 Å². The van der Waals surface area contributed by atoms with Crippen LogP contribution in [-0.2, 0) is 5.41 Å². The SMILES string of the molecule is CCC(=O)c1ccc2c(c1)C(C)(C)CCC2=O. The molecule has 0 saturated carbocycles. The first kappa shape index (κ1) is 12.0. The summed E-state index contributed by atoms with van der Waals surface area (Å²) in [6.07, 6.45) is 1.98. The predicted molar refractivity (Wildman–Crippen MR) is 67.7 cm³/mol. The van der Waals surface area contributed by atoms with E-state index in [1.807, 2.05) is 19.1 Å². The summed E-state index contributed by atoms with van der Waals surface area (Å²) in [5, 5.41) is 0. The lowest BCUT2D eigenvalue weighted by atomic mass is 9.71. The van der Waals surface area contributed by atoms with Crippen molar-refractivity contribution in [2.24, 2.45) is 0 Å². The largest absolute Gasteiger partial charge is 0.294 e. The van der Waals surface area contributed by atoms with Crippen LogP contribution in [0.25, 0.3) is 0 Å². The molecule has 0 spiro atoms. The van der Waals surface area contributed by atoms with Gasteiger partial charge in [-0.25, -0.2) is 0 Å². The number of rotatable bonds is 2. The van der Waals surface area contributed by atoms with Crippen molar-refractivity contribution >= 4 is 11.6 Å². The van der Waals surface area contributed by atoms with Gasteiger partial charge >= 0.3 is 0 Å². The molecule has 2 heteroatoms. The molecule has 1 aromatic carbocycles. The summed E-state index contributed by atoms with van der Waals surface area (Å²) in [5.41, 5.74) is 2.56. The second kappa shape index (κ2) is 4.10. The molecule has 0 fully saturated rings. The number of Topliss-reactive ketones (excluding diaryl/α,β-unsaturated/α-hetero) is 2. The van der Waals surface area contributed by atoms with Crippen molar-refractivity contribution in [3.05, 3.63) is 34.9 Å². The van der Waals surface area contributed by atoms with E-state index in [1.165, 1.54) is 0 Å². The molecule has 0 N–H and O–H groups in total. The van der Waals surface area contributed by atoms with Gasteiger partial charge in [-0.2, -0.15) is 0 Å². The minimum Gasteiger partial charge on any atom is -0.294 e. The summed E-state index contributed by atoms with van der Waals surface area (Å²) in [6, 6.07) is 5.52. The number of ketones is 2. The fraction of sp³-hybridized carbons (Fsp3) is 0.467. The van der Waals surface area contributed by atoms with Gasteiger partial charge in [0.15, 0.2) is 11.6 Å². The van der Waals surface area contributed by atoms with Gasteiger partial charge in [0.25, 0.3) is 0 Å². The van der Waals surface area contributed by atoms with Crippen LogP contribution in [0.4, 0.5) is 0 Å². The summed E-state index contributed by atoms with van der Waals surface area (Å²) < 4.78 is 0. The molecule has 90 valence electrons. The molecule has 0 bridgehead atoms. The van der Waals surface area contributed by atoms with Crippen LogP contribution in [0.2, 0.25) is 0 Å². The van der Waals surface area contributed by atoms with Gasteiger partial charge in [0, 0.05) is 24.0 Å². The molecule has 2 rings (SSSR count). The maximum Gasteiger partial charge on any atom is 0.163 e. The van der Waals surface area contributed by atoms with Crippen molar-refractivity contribution in [2.45, 2.75) is 45.4 Å². The van der Waals surface area contributed by atoms with Crippen LogP contribution in [0.1, 0.15) is 66.3 Å². The maximum atomic E-state index is 11.8. The lowest BCUT2D eigenvalue weighted by molar-refractivity contribution is 0.0951. The number of benzene rings is 1. The smallest absolute Gasteiger partial charge is 0.163 e. The van der Waals surface area contributed by atoms with Crippen molar-refractivity contribution < 1.29 is 9.59 Å². The average molecular weight is 230 g/mol. The quantitative estimate of drug-likeness (QED) is 0.728. The molecular weight excluding hydrogens is 212 g/mol. The molecular formula is C15H18O2. The molecule has 0 radical (unpaired) electrons. The van der Waals surface area contributed by atoms with E-state index in [-0.39, 0.29) is 17.0 Å². The first-order chi connectivity index (χ1) is 7.95. The molecule has 0 amide bonds.